The van der Waals surface area contributed by atoms with Crippen LogP contribution in [-0.2, 0) is 10.2 Å². The standard InChI is InChI=1S/C13H16BrN3O2S/c1-3-17(4-2)20(18,19)16-12-7-5-6-10-8-11(14)9-15-13(10)12/h5-9,16H,3-4H2,1-2H3. The van der Waals surface area contributed by atoms with Crippen LogP contribution in [0, 0.1) is 0 Å². The second-order valence-corrected chi connectivity index (χ2v) is 6.81. The van der Waals surface area contributed by atoms with Gasteiger partial charge in [-0.2, -0.15) is 12.7 Å². The fourth-order valence-corrected chi connectivity index (χ4v) is 3.58. The van der Waals surface area contributed by atoms with Crippen molar-refractivity contribution in [3.8, 4) is 0 Å². The van der Waals surface area contributed by atoms with Gasteiger partial charge in [-0.05, 0) is 28.1 Å². The van der Waals surface area contributed by atoms with Gasteiger partial charge in [-0.15, -0.1) is 0 Å². The van der Waals surface area contributed by atoms with Crippen molar-refractivity contribution < 1.29 is 8.42 Å². The smallest absolute Gasteiger partial charge is 0.269 e. The van der Waals surface area contributed by atoms with E-state index >= 15 is 0 Å². The van der Waals surface area contributed by atoms with Gasteiger partial charge in [0.1, 0.15) is 0 Å². The van der Waals surface area contributed by atoms with Crippen molar-refractivity contribution in [1.29, 1.82) is 0 Å². The van der Waals surface area contributed by atoms with Crippen molar-refractivity contribution in [3.63, 3.8) is 0 Å². The minimum Gasteiger partial charge on any atom is -0.269 e. The molecule has 2 rings (SSSR count). The maximum absolute atomic E-state index is 12.3. The number of pyridine rings is 1. The lowest BCUT2D eigenvalue weighted by Gasteiger charge is -2.19. The number of fused-ring (bicyclic) bond motifs is 1. The monoisotopic (exact) mass is 357 g/mol. The molecule has 0 aliphatic heterocycles. The topological polar surface area (TPSA) is 62.3 Å². The molecule has 108 valence electrons. The first kappa shape index (κ1) is 15.2. The summed E-state index contributed by atoms with van der Waals surface area (Å²) < 4.78 is 29.3. The Kier molecular flexibility index (Phi) is 4.62. The lowest BCUT2D eigenvalue weighted by molar-refractivity contribution is 0.449. The fourth-order valence-electron chi connectivity index (χ4n) is 1.98. The number of para-hydroxylation sites is 1. The molecular weight excluding hydrogens is 342 g/mol. The van der Waals surface area contributed by atoms with Crippen LogP contribution in [0.5, 0.6) is 0 Å². The molecule has 7 heteroatoms. The summed E-state index contributed by atoms with van der Waals surface area (Å²) in [6.07, 6.45) is 1.65. The van der Waals surface area contributed by atoms with Crippen molar-refractivity contribution in [2.75, 3.05) is 17.8 Å². The summed E-state index contributed by atoms with van der Waals surface area (Å²) in [5.74, 6) is 0. The van der Waals surface area contributed by atoms with Gasteiger partial charge >= 0.3 is 10.2 Å². The van der Waals surface area contributed by atoms with Crippen LogP contribution >= 0.6 is 15.9 Å². The number of hydrogen-bond donors (Lipinski definition) is 1. The summed E-state index contributed by atoms with van der Waals surface area (Å²) in [6, 6.07) is 7.31. The molecule has 0 radical (unpaired) electrons. The maximum Gasteiger partial charge on any atom is 0.301 e. The van der Waals surface area contributed by atoms with Gasteiger partial charge in [0.05, 0.1) is 11.2 Å². The first-order valence-corrected chi connectivity index (χ1v) is 8.53. The number of nitrogens with one attached hydrogen (secondary N) is 1. The lowest BCUT2D eigenvalue weighted by Crippen LogP contribution is -2.35. The van der Waals surface area contributed by atoms with Crippen molar-refractivity contribution in [3.05, 3.63) is 34.9 Å². The highest BCUT2D eigenvalue weighted by Crippen LogP contribution is 2.25. The Bertz CT molecular complexity index is 715. The molecule has 0 atom stereocenters. The Labute approximate surface area is 127 Å². The normalized spacial score (nSPS) is 12.0. The molecule has 0 amide bonds. The van der Waals surface area contributed by atoms with Crippen LogP contribution in [0.2, 0.25) is 0 Å². The molecule has 1 N–H and O–H groups in total. The molecule has 0 saturated heterocycles. The van der Waals surface area contributed by atoms with Gasteiger partial charge in [-0.25, -0.2) is 0 Å². The van der Waals surface area contributed by atoms with Gasteiger partial charge in [-0.3, -0.25) is 9.71 Å². The van der Waals surface area contributed by atoms with Gasteiger partial charge in [0.15, 0.2) is 0 Å². The van der Waals surface area contributed by atoms with Crippen LogP contribution < -0.4 is 4.72 Å². The molecule has 0 aliphatic rings. The molecule has 0 unspecified atom stereocenters. The molecule has 0 aliphatic carbocycles. The summed E-state index contributed by atoms with van der Waals surface area (Å²) in [4.78, 5) is 4.28. The largest absolute Gasteiger partial charge is 0.301 e. The zero-order chi connectivity index (χ0) is 14.8. The van der Waals surface area contributed by atoms with Gasteiger partial charge < -0.3 is 0 Å². The van der Waals surface area contributed by atoms with E-state index in [0.29, 0.717) is 24.3 Å². The summed E-state index contributed by atoms with van der Waals surface area (Å²) in [6.45, 7) is 4.47. The zero-order valence-corrected chi connectivity index (χ0v) is 13.7. The van der Waals surface area contributed by atoms with Crippen LogP contribution in [0.1, 0.15) is 13.8 Å². The molecular formula is C13H16BrN3O2S. The number of anilines is 1. The van der Waals surface area contributed by atoms with Crippen LogP contribution in [0.3, 0.4) is 0 Å². The number of aromatic nitrogens is 1. The minimum atomic E-state index is -3.55. The molecule has 0 bridgehead atoms. The summed E-state index contributed by atoms with van der Waals surface area (Å²) in [5, 5.41) is 0.874. The van der Waals surface area contributed by atoms with E-state index < -0.39 is 10.2 Å². The first-order valence-electron chi connectivity index (χ1n) is 6.30. The highest BCUT2D eigenvalue weighted by molar-refractivity contribution is 9.10. The lowest BCUT2D eigenvalue weighted by atomic mass is 10.2. The molecule has 1 aromatic carbocycles. The molecule has 0 fully saturated rings. The number of halogens is 1. The summed E-state index contributed by atoms with van der Waals surface area (Å²) in [5.41, 5.74) is 1.12. The van der Waals surface area contributed by atoms with Gasteiger partial charge in [-0.1, -0.05) is 26.0 Å². The molecule has 0 saturated carbocycles. The Hall–Kier alpha value is -1.18. The van der Waals surface area contributed by atoms with E-state index in [4.69, 9.17) is 0 Å². The van der Waals surface area contributed by atoms with Crippen molar-refractivity contribution >= 4 is 42.7 Å². The highest BCUT2D eigenvalue weighted by Gasteiger charge is 2.19. The minimum absolute atomic E-state index is 0.426. The van der Waals surface area contributed by atoms with Crippen LogP contribution in [0.15, 0.2) is 34.9 Å². The Morgan fingerprint density at radius 3 is 2.65 bits per heavy atom. The molecule has 5 nitrogen and oxygen atoms in total. The van der Waals surface area contributed by atoms with Crippen molar-refractivity contribution in [1.82, 2.24) is 9.29 Å². The number of rotatable bonds is 5. The Morgan fingerprint density at radius 2 is 2.00 bits per heavy atom. The van der Waals surface area contributed by atoms with E-state index in [9.17, 15) is 8.42 Å². The van der Waals surface area contributed by atoms with E-state index in [0.717, 1.165) is 9.86 Å². The fraction of sp³-hybridized carbons (Fsp3) is 0.308. The van der Waals surface area contributed by atoms with Gasteiger partial charge in [0.2, 0.25) is 0 Å². The van der Waals surface area contributed by atoms with E-state index in [-0.39, 0.29) is 0 Å². The van der Waals surface area contributed by atoms with E-state index in [1.165, 1.54) is 4.31 Å². The zero-order valence-electron chi connectivity index (χ0n) is 11.3. The third-order valence-corrected chi connectivity index (χ3v) is 5.07. The van der Waals surface area contributed by atoms with Crippen LogP contribution in [0.4, 0.5) is 5.69 Å². The van der Waals surface area contributed by atoms with E-state index in [2.05, 4.69) is 25.6 Å². The quantitative estimate of drug-likeness (QED) is 0.894. The SMILES string of the molecule is CCN(CC)S(=O)(=O)Nc1cccc2cc(Br)cnc12. The summed E-state index contributed by atoms with van der Waals surface area (Å²) >= 11 is 3.35. The van der Waals surface area contributed by atoms with Crippen LogP contribution in [0.25, 0.3) is 10.9 Å². The van der Waals surface area contributed by atoms with Crippen LogP contribution in [-0.4, -0.2) is 30.8 Å². The van der Waals surface area contributed by atoms with Crippen molar-refractivity contribution in [2.24, 2.45) is 0 Å². The maximum atomic E-state index is 12.3. The van der Waals surface area contributed by atoms with E-state index in [1.54, 1.807) is 32.2 Å². The molecule has 2 aromatic rings. The third kappa shape index (κ3) is 3.11. The first-order chi connectivity index (χ1) is 9.47. The number of hydrogen-bond acceptors (Lipinski definition) is 3. The summed E-state index contributed by atoms with van der Waals surface area (Å²) in [7, 11) is -3.55. The Balaban J connectivity index is 2.44. The average Bonchev–Trinajstić information content (AvgIpc) is 2.39. The average molecular weight is 358 g/mol. The molecule has 0 spiro atoms. The predicted molar refractivity (Wildman–Crippen MR) is 84.9 cm³/mol. The number of benzene rings is 1. The highest BCUT2D eigenvalue weighted by atomic mass is 79.9. The number of nitrogens with zero attached hydrogens (tertiary/aromatic N) is 2. The Morgan fingerprint density at radius 1 is 1.30 bits per heavy atom. The molecule has 1 heterocycles. The third-order valence-electron chi connectivity index (χ3n) is 2.96. The van der Waals surface area contributed by atoms with Crippen molar-refractivity contribution in [2.45, 2.75) is 13.8 Å². The predicted octanol–water partition coefficient (Wildman–Crippen LogP) is 3.00. The van der Waals surface area contributed by atoms with Gasteiger partial charge in [0.25, 0.3) is 0 Å². The second-order valence-electron chi connectivity index (χ2n) is 4.22. The van der Waals surface area contributed by atoms with E-state index in [1.807, 2.05) is 12.1 Å². The van der Waals surface area contributed by atoms with Gasteiger partial charge in [0, 0.05) is 29.1 Å². The molecule has 20 heavy (non-hydrogen) atoms. The second kappa shape index (κ2) is 6.07. The molecule has 1 aromatic heterocycles.